The van der Waals surface area contributed by atoms with E-state index < -0.39 is 0 Å². The van der Waals surface area contributed by atoms with E-state index in [1.54, 1.807) is 4.90 Å². The van der Waals surface area contributed by atoms with Gasteiger partial charge < -0.3 is 15.1 Å². The monoisotopic (exact) mass is 450 g/mol. The lowest BCUT2D eigenvalue weighted by Crippen LogP contribution is -2.44. The van der Waals surface area contributed by atoms with Gasteiger partial charge in [0.15, 0.2) is 5.96 Å². The van der Waals surface area contributed by atoms with Crippen molar-refractivity contribution in [2.24, 2.45) is 15.8 Å². The van der Waals surface area contributed by atoms with Gasteiger partial charge >= 0.3 is 0 Å². The molecule has 5 nitrogen and oxygen atoms in total. The number of amides is 1. The summed E-state index contributed by atoms with van der Waals surface area (Å²) in [5.41, 5.74) is 0.0695. The normalized spacial score (nSPS) is 22.2. The Hall–Kier alpha value is -0.530. The van der Waals surface area contributed by atoms with Crippen LogP contribution in [0.15, 0.2) is 4.99 Å². The Bertz CT molecular complexity index is 456. The summed E-state index contributed by atoms with van der Waals surface area (Å²) in [6.07, 6.45) is 5.42. The second-order valence-electron chi connectivity index (χ2n) is 8.19. The van der Waals surface area contributed by atoms with Crippen molar-refractivity contribution in [2.75, 3.05) is 40.3 Å². The molecule has 1 heterocycles. The molecule has 1 aliphatic heterocycles. The quantitative estimate of drug-likeness (QED) is 0.407. The van der Waals surface area contributed by atoms with Gasteiger partial charge in [-0.25, -0.2) is 0 Å². The van der Waals surface area contributed by atoms with Gasteiger partial charge in [-0.2, -0.15) is 0 Å². The van der Waals surface area contributed by atoms with Gasteiger partial charge in [0.1, 0.15) is 0 Å². The topological polar surface area (TPSA) is 47.9 Å². The molecule has 2 rings (SSSR count). The van der Waals surface area contributed by atoms with Gasteiger partial charge in [-0.15, -0.1) is 24.0 Å². The Morgan fingerprint density at radius 2 is 1.83 bits per heavy atom. The van der Waals surface area contributed by atoms with Crippen molar-refractivity contribution in [1.82, 2.24) is 15.1 Å². The summed E-state index contributed by atoms with van der Waals surface area (Å²) in [6.45, 7) is 10.3. The molecular formula is C18H35IN4O. The highest BCUT2D eigenvalue weighted by atomic mass is 127. The lowest BCUT2D eigenvalue weighted by Gasteiger charge is -2.30. The Morgan fingerprint density at radius 1 is 1.21 bits per heavy atom. The molecule has 0 unspecified atom stereocenters. The lowest BCUT2D eigenvalue weighted by atomic mass is 9.85. The fraction of sp³-hybridized carbons (Fsp3) is 0.889. The van der Waals surface area contributed by atoms with Gasteiger partial charge in [-0.1, -0.05) is 26.7 Å². The van der Waals surface area contributed by atoms with Gasteiger partial charge in [0.2, 0.25) is 5.91 Å². The maximum absolute atomic E-state index is 12.7. The Kier molecular flexibility index (Phi) is 7.81. The molecule has 140 valence electrons. The van der Waals surface area contributed by atoms with E-state index in [0.29, 0.717) is 12.0 Å². The number of aliphatic imine (C=N–C) groups is 1. The molecule has 0 radical (unpaired) electrons. The summed E-state index contributed by atoms with van der Waals surface area (Å²) >= 11 is 0. The molecule has 0 spiro atoms. The molecule has 0 aromatic heterocycles. The van der Waals surface area contributed by atoms with Crippen molar-refractivity contribution in [1.29, 1.82) is 0 Å². The summed E-state index contributed by atoms with van der Waals surface area (Å²) in [5, 5.41) is 3.42. The van der Waals surface area contributed by atoms with Crippen LogP contribution < -0.4 is 5.32 Å². The Balaban J connectivity index is 0.00000288. The average molecular weight is 450 g/mol. The highest BCUT2D eigenvalue weighted by Crippen LogP contribution is 2.40. The molecule has 6 heteroatoms. The lowest BCUT2D eigenvalue weighted by molar-refractivity contribution is -0.138. The van der Waals surface area contributed by atoms with Crippen molar-refractivity contribution >= 4 is 35.8 Å². The first kappa shape index (κ1) is 21.5. The molecule has 2 aliphatic rings. The summed E-state index contributed by atoms with van der Waals surface area (Å²) in [5.74, 6) is 1.23. The molecule has 0 aromatic rings. The van der Waals surface area contributed by atoms with Gasteiger partial charge in [0.05, 0.1) is 12.0 Å². The maximum atomic E-state index is 12.7. The number of carbonyl (C=O) groups excluding carboxylic acids is 1. The first-order chi connectivity index (χ1) is 10.8. The molecule has 1 amide bonds. The predicted octanol–water partition coefficient (Wildman–Crippen LogP) is 2.95. The number of guanidine groups is 1. The minimum absolute atomic E-state index is 0. The molecular weight excluding hydrogens is 415 g/mol. The van der Waals surface area contributed by atoms with Crippen LogP contribution in [0.25, 0.3) is 0 Å². The van der Waals surface area contributed by atoms with Crippen LogP contribution in [0.1, 0.15) is 52.9 Å². The third-order valence-corrected chi connectivity index (χ3v) is 5.26. The molecule has 1 N–H and O–H groups in total. The number of nitrogens with one attached hydrogen (secondary N) is 1. The first-order valence-corrected chi connectivity index (χ1v) is 9.05. The molecule has 0 aromatic carbocycles. The van der Waals surface area contributed by atoms with Crippen molar-refractivity contribution in [2.45, 2.75) is 52.9 Å². The van der Waals surface area contributed by atoms with E-state index in [9.17, 15) is 4.79 Å². The minimum atomic E-state index is -0.278. The zero-order chi connectivity index (χ0) is 17.1. The number of hydrogen-bond donors (Lipinski definition) is 1. The molecule has 1 saturated heterocycles. The maximum Gasteiger partial charge on any atom is 0.230 e. The van der Waals surface area contributed by atoms with E-state index in [1.165, 1.54) is 6.42 Å². The fourth-order valence-electron chi connectivity index (χ4n) is 3.91. The van der Waals surface area contributed by atoms with Crippen molar-refractivity contribution < 1.29 is 4.79 Å². The van der Waals surface area contributed by atoms with Crippen LogP contribution in [-0.2, 0) is 4.79 Å². The van der Waals surface area contributed by atoms with Crippen molar-refractivity contribution in [3.63, 3.8) is 0 Å². The largest absolute Gasteiger partial charge is 0.357 e. The predicted molar refractivity (Wildman–Crippen MR) is 111 cm³/mol. The Morgan fingerprint density at radius 3 is 2.29 bits per heavy atom. The second kappa shape index (κ2) is 8.72. The van der Waals surface area contributed by atoms with Crippen molar-refractivity contribution in [3.05, 3.63) is 0 Å². The number of halogens is 1. The van der Waals surface area contributed by atoms with Crippen LogP contribution in [0.2, 0.25) is 0 Å². The summed E-state index contributed by atoms with van der Waals surface area (Å²) < 4.78 is 0. The van der Waals surface area contributed by atoms with Gasteiger partial charge in [0, 0.05) is 33.7 Å². The third-order valence-electron chi connectivity index (χ3n) is 5.26. The number of nitrogens with zero attached hydrogens (tertiary/aromatic N) is 3. The van der Waals surface area contributed by atoms with Crippen LogP contribution in [0, 0.1) is 10.8 Å². The minimum Gasteiger partial charge on any atom is -0.357 e. The number of rotatable bonds is 4. The Labute approximate surface area is 164 Å². The van der Waals surface area contributed by atoms with Crippen LogP contribution >= 0.6 is 24.0 Å². The SMILES string of the molecule is CCNC(=NCC1(C(=O)N(C)C)CCCC1)N1CCC(C)(C)C1.I. The number of hydrogen-bond acceptors (Lipinski definition) is 2. The summed E-state index contributed by atoms with van der Waals surface area (Å²) in [6, 6.07) is 0. The zero-order valence-corrected chi connectivity index (χ0v) is 18.4. The van der Waals surface area contributed by atoms with Gasteiger partial charge in [0.25, 0.3) is 0 Å². The van der Waals surface area contributed by atoms with Crippen LogP contribution in [0.3, 0.4) is 0 Å². The van der Waals surface area contributed by atoms with E-state index in [0.717, 1.165) is 51.3 Å². The van der Waals surface area contributed by atoms with Gasteiger partial charge in [-0.05, 0) is 31.6 Å². The van der Waals surface area contributed by atoms with Gasteiger partial charge in [-0.3, -0.25) is 9.79 Å². The number of likely N-dealkylation sites (tertiary alicyclic amines) is 1. The molecule has 0 atom stereocenters. The standard InChI is InChI=1S/C18H34N4O.HI/c1-6-19-16(22-12-11-17(2,3)14-22)20-13-18(9-7-8-10-18)15(23)21(4)5;/h6-14H2,1-5H3,(H,19,20);1H. The van der Waals surface area contributed by atoms with Crippen molar-refractivity contribution in [3.8, 4) is 0 Å². The molecule has 2 fully saturated rings. The smallest absolute Gasteiger partial charge is 0.230 e. The average Bonchev–Trinajstić information content (AvgIpc) is 3.10. The van der Waals surface area contributed by atoms with E-state index >= 15 is 0 Å². The third kappa shape index (κ3) is 4.99. The van der Waals surface area contributed by atoms with Crippen LogP contribution in [0.4, 0.5) is 0 Å². The highest BCUT2D eigenvalue weighted by molar-refractivity contribution is 14.0. The van der Waals surface area contributed by atoms with E-state index in [2.05, 4.69) is 31.0 Å². The summed E-state index contributed by atoms with van der Waals surface area (Å²) in [7, 11) is 3.72. The highest BCUT2D eigenvalue weighted by Gasteiger charge is 2.42. The molecule has 0 bridgehead atoms. The fourth-order valence-corrected chi connectivity index (χ4v) is 3.91. The van der Waals surface area contributed by atoms with Crippen LogP contribution in [0.5, 0.6) is 0 Å². The first-order valence-electron chi connectivity index (χ1n) is 9.05. The van der Waals surface area contributed by atoms with E-state index in [1.807, 2.05) is 14.1 Å². The molecule has 1 aliphatic carbocycles. The summed E-state index contributed by atoms with van der Waals surface area (Å²) in [4.78, 5) is 21.7. The second-order valence-corrected chi connectivity index (χ2v) is 8.19. The molecule has 1 saturated carbocycles. The van der Waals surface area contributed by atoms with E-state index in [-0.39, 0.29) is 35.3 Å². The number of carbonyl (C=O) groups is 1. The zero-order valence-electron chi connectivity index (χ0n) is 16.0. The van der Waals surface area contributed by atoms with Crippen LogP contribution in [-0.4, -0.2) is 61.9 Å². The molecule has 24 heavy (non-hydrogen) atoms. The van der Waals surface area contributed by atoms with E-state index in [4.69, 9.17) is 4.99 Å².